The van der Waals surface area contributed by atoms with Gasteiger partial charge in [-0.25, -0.2) is 0 Å². The van der Waals surface area contributed by atoms with Crippen molar-refractivity contribution in [3.8, 4) is 0 Å². The Labute approximate surface area is 117 Å². The Kier molecular flexibility index (Phi) is 5.54. The molecule has 3 nitrogen and oxygen atoms in total. The molecule has 0 bridgehead atoms. The van der Waals surface area contributed by atoms with Crippen LogP contribution in [0.4, 0.5) is 0 Å². The Morgan fingerprint density at radius 1 is 1.26 bits per heavy atom. The highest BCUT2D eigenvalue weighted by Gasteiger charge is 2.07. The molecule has 0 amide bonds. The maximum atomic E-state index is 9.98. The number of thiophene rings is 1. The molecule has 2 N–H and O–H groups in total. The van der Waals surface area contributed by atoms with Crippen LogP contribution >= 0.6 is 11.3 Å². The normalized spacial score (nSPS) is 12.5. The Hall–Kier alpha value is -1.20. The van der Waals surface area contributed by atoms with Gasteiger partial charge in [-0.15, -0.1) is 0 Å². The van der Waals surface area contributed by atoms with Crippen molar-refractivity contribution in [3.63, 3.8) is 0 Å². The second-order valence-corrected chi connectivity index (χ2v) is 5.19. The van der Waals surface area contributed by atoms with Gasteiger partial charge in [-0.1, -0.05) is 24.3 Å². The fraction of sp³-hybridized carbons (Fsp3) is 0.333. The number of hydrogen-bond donors (Lipinski definition) is 2. The molecule has 4 heteroatoms. The molecular formula is C15H19NO2S. The highest BCUT2D eigenvalue weighted by Crippen LogP contribution is 2.15. The zero-order chi connectivity index (χ0) is 13.5. The van der Waals surface area contributed by atoms with Crippen LogP contribution in [0, 0.1) is 0 Å². The Balaban J connectivity index is 1.85. The van der Waals surface area contributed by atoms with E-state index in [1.807, 2.05) is 29.0 Å². The molecule has 19 heavy (non-hydrogen) atoms. The predicted molar refractivity (Wildman–Crippen MR) is 78.1 cm³/mol. The second-order valence-electron chi connectivity index (χ2n) is 4.41. The van der Waals surface area contributed by atoms with Gasteiger partial charge in [0, 0.05) is 20.2 Å². The van der Waals surface area contributed by atoms with E-state index in [-0.39, 0.29) is 0 Å². The molecule has 0 radical (unpaired) electrons. The van der Waals surface area contributed by atoms with Crippen molar-refractivity contribution >= 4 is 11.3 Å². The van der Waals surface area contributed by atoms with E-state index in [2.05, 4.69) is 17.4 Å². The summed E-state index contributed by atoms with van der Waals surface area (Å²) in [6.07, 6.45) is -0.444. The number of hydrogen-bond acceptors (Lipinski definition) is 4. The molecule has 2 rings (SSSR count). The van der Waals surface area contributed by atoms with Crippen LogP contribution in [-0.4, -0.2) is 18.8 Å². The lowest BCUT2D eigenvalue weighted by Gasteiger charge is -2.13. The molecule has 0 fully saturated rings. The second kappa shape index (κ2) is 7.40. The monoisotopic (exact) mass is 277 g/mol. The van der Waals surface area contributed by atoms with Gasteiger partial charge in [0.15, 0.2) is 0 Å². The summed E-state index contributed by atoms with van der Waals surface area (Å²) in [6.45, 7) is 1.91. The quantitative estimate of drug-likeness (QED) is 0.817. The van der Waals surface area contributed by atoms with Crippen LogP contribution in [0.1, 0.15) is 22.8 Å². The van der Waals surface area contributed by atoms with Crippen LogP contribution in [0.2, 0.25) is 0 Å². The van der Waals surface area contributed by atoms with Crippen LogP contribution < -0.4 is 5.32 Å². The largest absolute Gasteiger partial charge is 0.387 e. The fourth-order valence-corrected chi connectivity index (χ4v) is 2.66. The van der Waals surface area contributed by atoms with Crippen molar-refractivity contribution in [1.29, 1.82) is 0 Å². The first-order valence-corrected chi connectivity index (χ1v) is 7.22. The van der Waals surface area contributed by atoms with Crippen molar-refractivity contribution in [1.82, 2.24) is 5.32 Å². The van der Waals surface area contributed by atoms with Crippen molar-refractivity contribution in [3.05, 3.63) is 57.8 Å². The number of aliphatic hydroxyl groups is 1. The lowest BCUT2D eigenvalue weighted by molar-refractivity contribution is 0.173. The summed E-state index contributed by atoms with van der Waals surface area (Å²) in [7, 11) is 1.70. The van der Waals surface area contributed by atoms with Gasteiger partial charge in [-0.05, 0) is 33.5 Å². The first kappa shape index (κ1) is 14.2. The number of rotatable bonds is 7. The average molecular weight is 277 g/mol. The van der Waals surface area contributed by atoms with Gasteiger partial charge in [0.05, 0.1) is 12.7 Å². The summed E-state index contributed by atoms with van der Waals surface area (Å²) in [5.74, 6) is 0. The first-order chi connectivity index (χ1) is 9.31. The molecule has 1 aromatic carbocycles. The summed E-state index contributed by atoms with van der Waals surface area (Å²) in [5.41, 5.74) is 3.37. The van der Waals surface area contributed by atoms with E-state index in [1.54, 1.807) is 18.4 Å². The maximum Gasteiger partial charge on any atom is 0.0922 e. The van der Waals surface area contributed by atoms with E-state index in [1.165, 1.54) is 11.1 Å². The van der Waals surface area contributed by atoms with Gasteiger partial charge in [-0.2, -0.15) is 11.3 Å². The smallest absolute Gasteiger partial charge is 0.0922 e. The molecule has 0 saturated carbocycles. The van der Waals surface area contributed by atoms with E-state index in [0.29, 0.717) is 13.2 Å². The minimum absolute atomic E-state index is 0.444. The Morgan fingerprint density at radius 3 is 2.74 bits per heavy atom. The molecular weight excluding hydrogens is 258 g/mol. The summed E-state index contributed by atoms with van der Waals surface area (Å²) in [6, 6.07) is 10.1. The number of benzene rings is 1. The topological polar surface area (TPSA) is 41.5 Å². The molecule has 1 unspecified atom stereocenters. The summed E-state index contributed by atoms with van der Waals surface area (Å²) in [4.78, 5) is 0. The highest BCUT2D eigenvalue weighted by atomic mass is 32.1. The van der Waals surface area contributed by atoms with Crippen molar-refractivity contribution in [2.75, 3.05) is 13.7 Å². The van der Waals surface area contributed by atoms with Gasteiger partial charge in [-0.3, -0.25) is 0 Å². The third-order valence-electron chi connectivity index (χ3n) is 3.00. The Morgan fingerprint density at radius 2 is 2.05 bits per heavy atom. The van der Waals surface area contributed by atoms with Crippen LogP contribution in [0.15, 0.2) is 41.1 Å². The zero-order valence-corrected chi connectivity index (χ0v) is 11.8. The standard InChI is InChI=1S/C15H19NO2S/c1-18-10-13-5-3-2-4-12(13)8-16-9-15(17)14-6-7-19-11-14/h2-7,11,15-17H,8-10H2,1H3. The molecule has 0 aliphatic rings. The number of aliphatic hydroxyl groups excluding tert-OH is 1. The summed E-state index contributed by atoms with van der Waals surface area (Å²) < 4.78 is 5.18. The number of ether oxygens (including phenoxy) is 1. The number of nitrogens with one attached hydrogen (secondary N) is 1. The summed E-state index contributed by atoms with van der Waals surface area (Å²) >= 11 is 1.60. The molecule has 0 aliphatic carbocycles. The maximum absolute atomic E-state index is 9.98. The number of methoxy groups -OCH3 is 1. The van der Waals surface area contributed by atoms with Crippen molar-refractivity contribution in [2.45, 2.75) is 19.3 Å². The van der Waals surface area contributed by atoms with Gasteiger partial charge >= 0.3 is 0 Å². The van der Waals surface area contributed by atoms with Crippen LogP contribution in [-0.2, 0) is 17.9 Å². The van der Waals surface area contributed by atoms with Gasteiger partial charge in [0.25, 0.3) is 0 Å². The third kappa shape index (κ3) is 4.14. The van der Waals surface area contributed by atoms with Crippen LogP contribution in [0.5, 0.6) is 0 Å². The van der Waals surface area contributed by atoms with Gasteiger partial charge in [0.1, 0.15) is 0 Å². The van der Waals surface area contributed by atoms with E-state index < -0.39 is 6.10 Å². The lowest BCUT2D eigenvalue weighted by Crippen LogP contribution is -2.21. The van der Waals surface area contributed by atoms with Crippen LogP contribution in [0.3, 0.4) is 0 Å². The fourth-order valence-electron chi connectivity index (χ4n) is 1.95. The van der Waals surface area contributed by atoms with Gasteiger partial charge < -0.3 is 15.2 Å². The molecule has 1 heterocycles. The van der Waals surface area contributed by atoms with Crippen molar-refractivity contribution < 1.29 is 9.84 Å². The molecule has 0 aliphatic heterocycles. The van der Waals surface area contributed by atoms with E-state index in [0.717, 1.165) is 12.1 Å². The average Bonchev–Trinajstić information content (AvgIpc) is 2.95. The molecule has 0 spiro atoms. The van der Waals surface area contributed by atoms with Crippen molar-refractivity contribution in [2.24, 2.45) is 0 Å². The lowest BCUT2D eigenvalue weighted by atomic mass is 10.1. The zero-order valence-electron chi connectivity index (χ0n) is 11.0. The minimum atomic E-state index is -0.444. The van der Waals surface area contributed by atoms with Gasteiger partial charge in [0.2, 0.25) is 0 Å². The predicted octanol–water partition coefficient (Wildman–Crippen LogP) is 2.72. The molecule has 0 saturated heterocycles. The molecule has 102 valence electrons. The van der Waals surface area contributed by atoms with E-state index in [4.69, 9.17) is 4.74 Å². The molecule has 1 atom stereocenters. The minimum Gasteiger partial charge on any atom is -0.387 e. The van der Waals surface area contributed by atoms with E-state index >= 15 is 0 Å². The third-order valence-corrected chi connectivity index (χ3v) is 3.70. The molecule has 1 aromatic heterocycles. The summed E-state index contributed by atoms with van der Waals surface area (Å²) in [5, 5.41) is 17.2. The molecule has 2 aromatic rings. The van der Waals surface area contributed by atoms with Crippen LogP contribution in [0.25, 0.3) is 0 Å². The first-order valence-electron chi connectivity index (χ1n) is 6.28. The Bertz CT molecular complexity index is 485. The SMILES string of the molecule is COCc1ccccc1CNCC(O)c1ccsc1. The van der Waals surface area contributed by atoms with E-state index in [9.17, 15) is 5.11 Å². The highest BCUT2D eigenvalue weighted by molar-refractivity contribution is 7.07.